The number of nitrogens with one attached hydrogen (secondary N) is 1. The third kappa shape index (κ3) is 4.81. The van der Waals surface area contributed by atoms with Gasteiger partial charge in [-0.15, -0.1) is 16.4 Å². The Labute approximate surface area is 201 Å². The maximum Gasteiger partial charge on any atom is 0.430 e. The van der Waals surface area contributed by atoms with Gasteiger partial charge in [0.25, 0.3) is 0 Å². The number of carbonyl (C=O) groups is 1. The van der Waals surface area contributed by atoms with Crippen LogP contribution in [0.15, 0.2) is 23.8 Å². The van der Waals surface area contributed by atoms with Gasteiger partial charge in [-0.3, -0.25) is 5.32 Å². The quantitative estimate of drug-likeness (QED) is 0.559. The number of likely N-dealkylation sites (N-methyl/N-ethyl adjacent to an activating group) is 1. The molecule has 5 rings (SSSR count). The van der Waals surface area contributed by atoms with Crippen LogP contribution in [0.4, 0.5) is 28.1 Å². The number of amides is 1. The lowest BCUT2D eigenvalue weighted by molar-refractivity contribution is -0.103. The summed E-state index contributed by atoms with van der Waals surface area (Å²) in [6.45, 7) is 7.61. The van der Waals surface area contributed by atoms with Crippen LogP contribution >= 0.6 is 11.3 Å². The van der Waals surface area contributed by atoms with E-state index < -0.39 is 6.09 Å². The maximum absolute atomic E-state index is 12.5. The molecule has 2 saturated heterocycles. The lowest BCUT2D eigenvalue weighted by atomic mass is 10.2. The molecule has 12 nitrogen and oxygen atoms in total. The molecule has 0 unspecified atom stereocenters. The summed E-state index contributed by atoms with van der Waals surface area (Å²) in [6, 6.07) is 3.81. The highest BCUT2D eigenvalue weighted by Crippen LogP contribution is 2.28. The summed E-state index contributed by atoms with van der Waals surface area (Å²) in [6.07, 6.45) is 1.12. The molecule has 3 aromatic rings. The van der Waals surface area contributed by atoms with Crippen LogP contribution in [0.5, 0.6) is 0 Å². The highest BCUT2D eigenvalue weighted by atomic mass is 32.1. The number of anilines is 4. The number of rotatable bonds is 4. The zero-order valence-corrected chi connectivity index (χ0v) is 20.0. The number of nitrogens with two attached hydrogens (primary N) is 1. The molecule has 2 aliphatic heterocycles. The summed E-state index contributed by atoms with van der Waals surface area (Å²) in [4.78, 5) is 43.0. The Morgan fingerprint density at radius 1 is 1.15 bits per heavy atom. The lowest BCUT2D eigenvalue weighted by Crippen LogP contribution is -2.53. The van der Waals surface area contributed by atoms with Crippen molar-refractivity contribution in [2.45, 2.75) is 13.0 Å². The van der Waals surface area contributed by atoms with Crippen molar-refractivity contribution < 1.29 is 9.63 Å². The van der Waals surface area contributed by atoms with Gasteiger partial charge in [0.15, 0.2) is 10.6 Å². The van der Waals surface area contributed by atoms with Crippen molar-refractivity contribution in [2.75, 3.05) is 73.7 Å². The van der Waals surface area contributed by atoms with Crippen LogP contribution in [-0.4, -0.2) is 94.9 Å². The number of hydrogen-bond acceptors (Lipinski definition) is 12. The number of hydroxylamine groups is 2. The number of pyridine rings is 1. The minimum absolute atomic E-state index is 0.0327. The molecular formula is C21H28N10O2S. The van der Waals surface area contributed by atoms with Crippen molar-refractivity contribution in [3.05, 3.63) is 23.8 Å². The molecule has 0 aliphatic carbocycles. The molecule has 34 heavy (non-hydrogen) atoms. The van der Waals surface area contributed by atoms with Gasteiger partial charge in [0, 0.05) is 38.8 Å². The second-order valence-corrected chi connectivity index (χ2v) is 9.37. The van der Waals surface area contributed by atoms with E-state index in [0.29, 0.717) is 31.1 Å². The fourth-order valence-electron chi connectivity index (χ4n) is 4.23. The molecule has 3 aromatic heterocycles. The highest BCUT2D eigenvalue weighted by Gasteiger charge is 2.29. The number of nitrogen functional groups attached to an aromatic ring is 1. The van der Waals surface area contributed by atoms with Crippen molar-refractivity contribution in [3.63, 3.8) is 0 Å². The normalized spacial score (nSPS) is 20.0. The van der Waals surface area contributed by atoms with E-state index in [1.165, 1.54) is 11.3 Å². The Hall–Kier alpha value is -3.29. The van der Waals surface area contributed by atoms with E-state index in [2.05, 4.69) is 47.0 Å². The molecule has 0 saturated carbocycles. The largest absolute Gasteiger partial charge is 0.430 e. The molecule has 3 N–H and O–H groups in total. The number of piperazine rings is 2. The van der Waals surface area contributed by atoms with Gasteiger partial charge in [-0.25, -0.2) is 19.7 Å². The summed E-state index contributed by atoms with van der Waals surface area (Å²) >= 11 is 1.43. The van der Waals surface area contributed by atoms with Crippen LogP contribution in [0.3, 0.4) is 0 Å². The summed E-state index contributed by atoms with van der Waals surface area (Å²) < 4.78 is 0. The van der Waals surface area contributed by atoms with Gasteiger partial charge < -0.3 is 25.3 Å². The number of hydrogen-bond donors (Lipinski definition) is 2. The van der Waals surface area contributed by atoms with Gasteiger partial charge in [-0.05, 0) is 26.1 Å². The fourth-order valence-corrected chi connectivity index (χ4v) is 4.89. The van der Waals surface area contributed by atoms with Crippen molar-refractivity contribution in [3.8, 4) is 0 Å². The molecule has 0 radical (unpaired) electrons. The molecule has 0 spiro atoms. The van der Waals surface area contributed by atoms with E-state index in [4.69, 9.17) is 10.6 Å². The zero-order valence-electron chi connectivity index (χ0n) is 19.2. The monoisotopic (exact) mass is 484 g/mol. The van der Waals surface area contributed by atoms with Crippen LogP contribution in [0.1, 0.15) is 6.92 Å². The third-order valence-electron chi connectivity index (χ3n) is 6.09. The summed E-state index contributed by atoms with van der Waals surface area (Å²) in [5.41, 5.74) is 8.97. The summed E-state index contributed by atoms with van der Waals surface area (Å²) in [5.74, 6) is 1.85. The number of aromatic nitrogens is 4. The van der Waals surface area contributed by atoms with Crippen molar-refractivity contribution in [2.24, 2.45) is 0 Å². The van der Waals surface area contributed by atoms with Gasteiger partial charge in [0.2, 0.25) is 5.95 Å². The van der Waals surface area contributed by atoms with Gasteiger partial charge >= 0.3 is 6.09 Å². The predicted octanol–water partition coefficient (Wildman–Crippen LogP) is 1.49. The molecular weight excluding hydrogens is 456 g/mol. The van der Waals surface area contributed by atoms with E-state index in [1.807, 2.05) is 19.1 Å². The lowest BCUT2D eigenvalue weighted by Gasteiger charge is -2.39. The standard InChI is InChI=1S/C21H28N10O2S/c1-14-12-30(9-10-31(14)18-17-19(34-13-24-17)27-20(22)26-18)33-21(32)25-15-3-4-16(23-11-15)29-7-5-28(2)6-8-29/h3-4,11,13-14H,5-10,12H2,1-2H3,(H,25,32)(H2,22,26,27)/t14-/m0/s1. The van der Waals surface area contributed by atoms with Crippen LogP contribution in [0.25, 0.3) is 10.3 Å². The molecule has 0 aromatic carbocycles. The number of carbonyl (C=O) groups excluding carboxylic acids is 1. The Balaban J connectivity index is 1.15. The summed E-state index contributed by atoms with van der Waals surface area (Å²) in [7, 11) is 2.12. The first-order valence-electron chi connectivity index (χ1n) is 11.2. The first kappa shape index (κ1) is 22.5. The fraction of sp³-hybridized carbons (Fsp3) is 0.476. The zero-order chi connectivity index (χ0) is 23.7. The average Bonchev–Trinajstić information content (AvgIpc) is 3.28. The smallest absolute Gasteiger partial charge is 0.368 e. The van der Waals surface area contributed by atoms with Crippen molar-refractivity contribution in [1.29, 1.82) is 0 Å². The number of nitrogens with zero attached hydrogens (tertiary/aromatic N) is 8. The van der Waals surface area contributed by atoms with Crippen LogP contribution in [-0.2, 0) is 4.84 Å². The van der Waals surface area contributed by atoms with E-state index in [1.54, 1.807) is 16.8 Å². The van der Waals surface area contributed by atoms with Crippen molar-refractivity contribution in [1.82, 2.24) is 29.9 Å². The second kappa shape index (κ2) is 9.52. The highest BCUT2D eigenvalue weighted by molar-refractivity contribution is 7.16. The first-order chi connectivity index (χ1) is 16.5. The van der Waals surface area contributed by atoms with E-state index >= 15 is 0 Å². The summed E-state index contributed by atoms with van der Waals surface area (Å²) in [5, 5.41) is 4.42. The van der Waals surface area contributed by atoms with Crippen LogP contribution in [0, 0.1) is 0 Å². The SMILES string of the molecule is C[C@H]1CN(OC(=O)Nc2ccc(N3CCN(C)CC3)nc2)CCN1c1nc(N)nc2scnc12. The first-order valence-corrected chi connectivity index (χ1v) is 12.1. The number of thiazole rings is 1. The van der Waals surface area contributed by atoms with Gasteiger partial charge in [-0.2, -0.15) is 4.98 Å². The molecule has 1 amide bonds. The Bertz CT molecular complexity index is 1150. The minimum Gasteiger partial charge on any atom is -0.368 e. The Morgan fingerprint density at radius 2 is 1.97 bits per heavy atom. The van der Waals surface area contributed by atoms with Crippen LogP contribution < -0.4 is 20.9 Å². The second-order valence-electron chi connectivity index (χ2n) is 8.54. The molecule has 0 bridgehead atoms. The van der Waals surface area contributed by atoms with Crippen molar-refractivity contribution >= 4 is 51.0 Å². The van der Waals surface area contributed by atoms with E-state index in [0.717, 1.165) is 42.3 Å². The third-order valence-corrected chi connectivity index (χ3v) is 6.81. The minimum atomic E-state index is -0.539. The molecule has 2 fully saturated rings. The van der Waals surface area contributed by atoms with E-state index in [9.17, 15) is 4.79 Å². The molecule has 5 heterocycles. The average molecular weight is 485 g/mol. The van der Waals surface area contributed by atoms with Gasteiger partial charge in [0.05, 0.1) is 30.5 Å². The van der Waals surface area contributed by atoms with Crippen LogP contribution in [0.2, 0.25) is 0 Å². The molecule has 13 heteroatoms. The maximum atomic E-state index is 12.5. The number of fused-ring (bicyclic) bond motifs is 1. The van der Waals surface area contributed by atoms with Gasteiger partial charge in [0.1, 0.15) is 11.3 Å². The molecule has 1 atom stereocenters. The predicted molar refractivity (Wildman–Crippen MR) is 132 cm³/mol. The van der Waals surface area contributed by atoms with Gasteiger partial charge in [-0.1, -0.05) is 0 Å². The molecule has 180 valence electrons. The molecule has 2 aliphatic rings. The van der Waals surface area contributed by atoms with E-state index in [-0.39, 0.29) is 12.0 Å². The topological polar surface area (TPSA) is 129 Å². The Kier molecular flexibility index (Phi) is 6.30. The Morgan fingerprint density at radius 3 is 2.71 bits per heavy atom.